The minimum Gasteiger partial charge on any atom is -0.463 e. The summed E-state index contributed by atoms with van der Waals surface area (Å²) in [7, 11) is 0. The first-order valence-corrected chi connectivity index (χ1v) is 14.7. The van der Waals surface area contributed by atoms with E-state index in [1.54, 1.807) is 24.0 Å². The largest absolute Gasteiger partial charge is 0.463 e. The molecule has 0 spiro atoms. The van der Waals surface area contributed by atoms with Gasteiger partial charge in [0.15, 0.2) is 11.9 Å². The van der Waals surface area contributed by atoms with Gasteiger partial charge in [0.2, 0.25) is 0 Å². The van der Waals surface area contributed by atoms with Gasteiger partial charge in [-0.3, -0.25) is 14.9 Å². The summed E-state index contributed by atoms with van der Waals surface area (Å²) in [6.45, 7) is 11.7. The Hall–Kier alpha value is -3.29. The third-order valence-electron chi connectivity index (χ3n) is 8.40. The van der Waals surface area contributed by atoms with Crippen molar-refractivity contribution in [2.24, 2.45) is 17.1 Å². The van der Waals surface area contributed by atoms with Gasteiger partial charge in [-0.05, 0) is 57.1 Å². The van der Waals surface area contributed by atoms with Gasteiger partial charge in [0, 0.05) is 19.5 Å². The van der Waals surface area contributed by atoms with Crippen LogP contribution in [-0.2, 0) is 29.4 Å². The fraction of sp³-hybridized carbons (Fsp3) is 0.690. The highest BCUT2D eigenvalue weighted by molar-refractivity contribution is 5.92. The van der Waals surface area contributed by atoms with Crippen LogP contribution in [0.3, 0.4) is 0 Å². The van der Waals surface area contributed by atoms with Crippen LogP contribution in [0.2, 0.25) is 0 Å². The number of amides is 2. The average Bonchev–Trinajstić information content (AvgIpc) is 3.46. The summed E-state index contributed by atoms with van der Waals surface area (Å²) in [6.07, 6.45) is 1.19. The zero-order chi connectivity index (χ0) is 30.8. The van der Waals surface area contributed by atoms with Gasteiger partial charge in [-0.25, -0.2) is 14.3 Å². The molecule has 1 saturated heterocycles. The van der Waals surface area contributed by atoms with Crippen LogP contribution in [0.4, 0.5) is 10.6 Å². The summed E-state index contributed by atoms with van der Waals surface area (Å²) >= 11 is 0. The average molecular weight is 589 g/mol. The minimum atomic E-state index is -1.44. The van der Waals surface area contributed by atoms with Crippen LogP contribution >= 0.6 is 0 Å². The number of urea groups is 1. The maximum absolute atomic E-state index is 13.0. The first-order valence-electron chi connectivity index (χ1n) is 14.7. The van der Waals surface area contributed by atoms with Crippen LogP contribution in [0.5, 0.6) is 0 Å². The van der Waals surface area contributed by atoms with Crippen molar-refractivity contribution in [2.75, 3.05) is 25.0 Å². The van der Waals surface area contributed by atoms with E-state index < -0.39 is 41.3 Å². The Morgan fingerprint density at radius 3 is 2.55 bits per heavy atom. The predicted molar refractivity (Wildman–Crippen MR) is 153 cm³/mol. The molecule has 1 saturated carbocycles. The second-order valence-electron chi connectivity index (χ2n) is 12.4. The lowest BCUT2D eigenvalue weighted by Gasteiger charge is -2.29. The number of rotatable bonds is 10. The summed E-state index contributed by atoms with van der Waals surface area (Å²) in [4.78, 5) is 44.1. The topological polar surface area (TPSA) is 171 Å². The zero-order valence-corrected chi connectivity index (χ0v) is 25.3. The number of esters is 2. The molecule has 2 amide bonds. The van der Waals surface area contributed by atoms with Crippen molar-refractivity contribution >= 4 is 29.3 Å². The van der Waals surface area contributed by atoms with Gasteiger partial charge in [0.25, 0.3) is 0 Å². The standard InChI is InChI=1S/C29H44N6O7/c1-7-34(8-2)27(39)33-25-18-12-13-20(35(18)32-16-31-25)29(6)24(37)22(41-26(38)23(30)28(3,4)5)19(42-29)15-40-21(36)14-17-10-9-11-17/h12-13,16-17,19,22-24,37H,7-11,14-15,30H2,1-6H3,(H,31,32,33,39)/t19-,22-,23-,24-,29+/m1/s1. The smallest absolute Gasteiger partial charge is 0.323 e. The number of hydrogen-bond acceptors (Lipinski definition) is 10. The third-order valence-corrected chi connectivity index (χ3v) is 8.40. The number of fused-ring (bicyclic) bond motifs is 1. The van der Waals surface area contributed by atoms with E-state index in [4.69, 9.17) is 19.9 Å². The highest BCUT2D eigenvalue weighted by Gasteiger charge is 2.57. The molecular formula is C29H44N6O7. The van der Waals surface area contributed by atoms with Gasteiger partial charge < -0.3 is 30.0 Å². The predicted octanol–water partition coefficient (Wildman–Crippen LogP) is 2.60. The maximum Gasteiger partial charge on any atom is 0.323 e. The van der Waals surface area contributed by atoms with Crippen LogP contribution < -0.4 is 11.1 Å². The molecule has 232 valence electrons. The van der Waals surface area contributed by atoms with Crippen LogP contribution in [0.1, 0.15) is 72.9 Å². The molecule has 5 atom stereocenters. The number of nitrogens with zero attached hydrogens (tertiary/aromatic N) is 4. The number of nitrogens with two attached hydrogens (primary N) is 1. The Kier molecular flexibility index (Phi) is 9.43. The molecule has 0 unspecified atom stereocenters. The van der Waals surface area contributed by atoms with Gasteiger partial charge >= 0.3 is 18.0 Å². The third kappa shape index (κ3) is 6.37. The summed E-state index contributed by atoms with van der Waals surface area (Å²) in [5.74, 6) is -0.462. The number of carbonyl (C=O) groups is 3. The van der Waals surface area contributed by atoms with Crippen molar-refractivity contribution in [3.8, 4) is 0 Å². The molecule has 4 N–H and O–H groups in total. The first kappa shape index (κ1) is 31.6. The number of ether oxygens (including phenoxy) is 3. The van der Waals surface area contributed by atoms with Crippen molar-refractivity contribution < 1.29 is 33.7 Å². The summed E-state index contributed by atoms with van der Waals surface area (Å²) in [5, 5.41) is 18.8. The number of nitrogens with one attached hydrogen (secondary N) is 1. The van der Waals surface area contributed by atoms with E-state index in [9.17, 15) is 19.5 Å². The monoisotopic (exact) mass is 588 g/mol. The van der Waals surface area contributed by atoms with Crippen LogP contribution in [-0.4, -0.2) is 86.6 Å². The SMILES string of the molecule is CCN(CC)C(=O)Nc1ncnn2c([C@]3(C)O[C@H](COC(=O)CC4CCC4)[C@@H](OC(=O)[C@@H](N)C(C)(C)C)[C@H]3O)ccc12. The summed E-state index contributed by atoms with van der Waals surface area (Å²) < 4.78 is 19.2. The molecule has 4 rings (SSSR count). The van der Waals surface area contributed by atoms with Crippen molar-refractivity contribution in [3.63, 3.8) is 0 Å². The minimum absolute atomic E-state index is 0.218. The van der Waals surface area contributed by atoms with Gasteiger partial charge in [-0.1, -0.05) is 27.2 Å². The summed E-state index contributed by atoms with van der Waals surface area (Å²) in [5.41, 5.74) is 5.03. The molecule has 13 heteroatoms. The molecule has 1 aliphatic carbocycles. The van der Waals surface area contributed by atoms with Gasteiger partial charge in [-0.2, -0.15) is 5.10 Å². The normalized spacial score (nSPS) is 25.1. The van der Waals surface area contributed by atoms with Crippen molar-refractivity contribution in [3.05, 3.63) is 24.2 Å². The molecule has 2 aromatic rings. The van der Waals surface area contributed by atoms with E-state index >= 15 is 0 Å². The van der Waals surface area contributed by atoms with E-state index in [-0.39, 0.29) is 24.4 Å². The van der Waals surface area contributed by atoms with Crippen LogP contribution in [0, 0.1) is 11.3 Å². The lowest BCUT2D eigenvalue weighted by atomic mass is 9.83. The molecule has 0 bridgehead atoms. The van der Waals surface area contributed by atoms with E-state index in [2.05, 4.69) is 15.4 Å². The highest BCUT2D eigenvalue weighted by atomic mass is 16.6. The molecule has 1 aliphatic heterocycles. The van der Waals surface area contributed by atoms with Gasteiger partial charge in [-0.15, -0.1) is 0 Å². The number of aromatic nitrogens is 3. The fourth-order valence-electron chi connectivity index (χ4n) is 5.27. The molecular weight excluding hydrogens is 544 g/mol. The molecule has 2 aliphatic rings. The highest BCUT2D eigenvalue weighted by Crippen LogP contribution is 2.42. The first-order chi connectivity index (χ1) is 19.8. The van der Waals surface area contributed by atoms with Crippen LogP contribution in [0.15, 0.2) is 18.5 Å². The Balaban J connectivity index is 1.62. The summed E-state index contributed by atoms with van der Waals surface area (Å²) in [6, 6.07) is 2.14. The van der Waals surface area contributed by atoms with Crippen molar-refractivity contribution in [1.29, 1.82) is 0 Å². The van der Waals surface area contributed by atoms with E-state index in [1.807, 2.05) is 34.6 Å². The molecule has 2 aromatic heterocycles. The van der Waals surface area contributed by atoms with E-state index in [1.165, 1.54) is 10.8 Å². The number of carbonyl (C=O) groups excluding carboxylic acids is 3. The Morgan fingerprint density at radius 1 is 1.26 bits per heavy atom. The van der Waals surface area contributed by atoms with E-state index in [0.29, 0.717) is 36.6 Å². The fourth-order valence-corrected chi connectivity index (χ4v) is 5.27. The second-order valence-corrected chi connectivity index (χ2v) is 12.4. The van der Waals surface area contributed by atoms with Crippen molar-refractivity contribution in [2.45, 2.75) is 97.2 Å². The maximum atomic E-state index is 13.0. The second kappa shape index (κ2) is 12.5. The Morgan fingerprint density at radius 2 is 1.95 bits per heavy atom. The quantitative estimate of drug-likeness (QED) is 0.351. The molecule has 13 nitrogen and oxygen atoms in total. The Labute approximate surface area is 246 Å². The number of aliphatic hydroxyl groups is 1. The van der Waals surface area contributed by atoms with Gasteiger partial charge in [0.1, 0.15) is 42.3 Å². The lowest BCUT2D eigenvalue weighted by Crippen LogP contribution is -2.49. The Bertz CT molecular complexity index is 1280. The lowest BCUT2D eigenvalue weighted by molar-refractivity contribution is -0.164. The zero-order valence-electron chi connectivity index (χ0n) is 25.3. The molecule has 3 heterocycles. The number of hydrogen-bond donors (Lipinski definition) is 3. The molecule has 0 aromatic carbocycles. The number of aliphatic hydroxyl groups excluding tert-OH is 1. The molecule has 2 fully saturated rings. The number of anilines is 1. The molecule has 0 radical (unpaired) electrons. The molecule has 42 heavy (non-hydrogen) atoms. The van der Waals surface area contributed by atoms with Gasteiger partial charge in [0.05, 0.1) is 5.69 Å². The van der Waals surface area contributed by atoms with E-state index in [0.717, 1.165) is 19.3 Å². The van der Waals surface area contributed by atoms with Crippen LogP contribution in [0.25, 0.3) is 5.52 Å². The van der Waals surface area contributed by atoms with Crippen molar-refractivity contribution in [1.82, 2.24) is 19.5 Å².